The molecule has 0 radical (unpaired) electrons. The van der Waals surface area contributed by atoms with Gasteiger partial charge in [0.2, 0.25) is 5.91 Å². The van der Waals surface area contributed by atoms with Gasteiger partial charge in [-0.3, -0.25) is 4.79 Å². The average Bonchev–Trinajstić information content (AvgIpc) is 2.93. The second-order valence-electron chi connectivity index (χ2n) is 5.80. The van der Waals surface area contributed by atoms with Crippen LogP contribution in [0.1, 0.15) is 32.1 Å². The van der Waals surface area contributed by atoms with Gasteiger partial charge in [-0.25, -0.2) is 4.98 Å². The largest absolute Gasteiger partial charge is 0.371 e. The first kappa shape index (κ1) is 14.8. The molecule has 19 heavy (non-hydrogen) atoms. The number of amides is 1. The van der Waals surface area contributed by atoms with E-state index in [0.717, 1.165) is 17.8 Å². The minimum Gasteiger partial charge on any atom is -0.371 e. The van der Waals surface area contributed by atoms with Gasteiger partial charge in [0.1, 0.15) is 0 Å². The Morgan fingerprint density at radius 2 is 2.37 bits per heavy atom. The number of nitrogens with zero attached hydrogens (tertiary/aromatic N) is 2. The Balaban J connectivity index is 1.81. The third-order valence-corrected chi connectivity index (χ3v) is 4.15. The lowest BCUT2D eigenvalue weighted by Crippen LogP contribution is -2.38. The topological polar surface area (TPSA) is 42.4 Å². The first-order valence-electron chi connectivity index (χ1n) is 6.37. The van der Waals surface area contributed by atoms with Gasteiger partial charge in [-0.05, 0) is 6.42 Å². The van der Waals surface area contributed by atoms with Crippen molar-refractivity contribution in [1.29, 1.82) is 0 Å². The lowest BCUT2D eigenvalue weighted by atomic mass is 9.95. The molecule has 106 valence electrons. The Morgan fingerprint density at radius 3 is 2.95 bits per heavy atom. The number of carbonyl (C=O) groups is 1. The second-order valence-corrected chi connectivity index (χ2v) is 7.50. The smallest absolute Gasteiger partial charge is 0.228 e. The van der Waals surface area contributed by atoms with Crippen LogP contribution in [0.5, 0.6) is 0 Å². The summed E-state index contributed by atoms with van der Waals surface area (Å²) >= 11 is 7.20. The molecule has 2 heterocycles. The van der Waals surface area contributed by atoms with Gasteiger partial charge in [0.05, 0.1) is 17.6 Å². The van der Waals surface area contributed by atoms with E-state index in [-0.39, 0.29) is 17.4 Å². The Hall–Kier alpha value is -0.650. The van der Waals surface area contributed by atoms with Crippen LogP contribution in [0.25, 0.3) is 0 Å². The Kier molecular flexibility index (Phi) is 4.48. The van der Waals surface area contributed by atoms with Gasteiger partial charge in [-0.15, -0.1) is 11.3 Å². The van der Waals surface area contributed by atoms with Crippen LogP contribution in [-0.4, -0.2) is 35.0 Å². The van der Waals surface area contributed by atoms with E-state index in [4.69, 9.17) is 16.3 Å². The predicted molar refractivity (Wildman–Crippen MR) is 76.4 cm³/mol. The highest BCUT2D eigenvalue weighted by atomic mass is 35.5. The first-order chi connectivity index (χ1) is 8.86. The van der Waals surface area contributed by atoms with Gasteiger partial charge in [0.25, 0.3) is 0 Å². The van der Waals surface area contributed by atoms with E-state index in [2.05, 4.69) is 4.98 Å². The predicted octanol–water partition coefficient (Wildman–Crippen LogP) is 2.96. The molecule has 1 aliphatic heterocycles. The van der Waals surface area contributed by atoms with Gasteiger partial charge >= 0.3 is 0 Å². The fourth-order valence-corrected chi connectivity index (χ4v) is 2.97. The van der Waals surface area contributed by atoms with Gasteiger partial charge in [-0.2, -0.15) is 0 Å². The molecule has 4 nitrogen and oxygen atoms in total. The number of ether oxygens (including phenoxy) is 1. The van der Waals surface area contributed by atoms with Crippen molar-refractivity contribution in [2.24, 2.45) is 5.41 Å². The second kappa shape index (κ2) is 5.77. The molecule has 1 aliphatic rings. The molecule has 0 spiro atoms. The maximum absolute atomic E-state index is 12.1. The number of carbonyl (C=O) groups excluding carboxylic acids is 1. The molecule has 1 fully saturated rings. The number of likely N-dealkylation sites (tertiary alicyclic amines) is 1. The summed E-state index contributed by atoms with van der Waals surface area (Å²) in [5.74, 6) is 0.194. The molecule has 2 rings (SSSR count). The first-order valence-corrected chi connectivity index (χ1v) is 7.57. The van der Waals surface area contributed by atoms with Crippen LogP contribution < -0.4 is 0 Å². The average molecular weight is 303 g/mol. The van der Waals surface area contributed by atoms with Crippen molar-refractivity contribution < 1.29 is 9.53 Å². The third-order valence-electron chi connectivity index (χ3n) is 3.06. The van der Waals surface area contributed by atoms with Gasteiger partial charge in [0, 0.05) is 24.7 Å². The van der Waals surface area contributed by atoms with Gasteiger partial charge < -0.3 is 9.64 Å². The highest BCUT2D eigenvalue weighted by Gasteiger charge is 2.33. The van der Waals surface area contributed by atoms with Crippen LogP contribution in [-0.2, 0) is 16.1 Å². The normalized spacial score (nSPS) is 20.0. The maximum Gasteiger partial charge on any atom is 0.228 e. The van der Waals surface area contributed by atoms with Crippen molar-refractivity contribution in [3.8, 4) is 0 Å². The van der Waals surface area contributed by atoms with Crippen LogP contribution in [0, 0.1) is 5.41 Å². The summed E-state index contributed by atoms with van der Waals surface area (Å²) in [6.45, 7) is 7.83. The number of hydrogen-bond donors (Lipinski definition) is 0. The van der Waals surface area contributed by atoms with Crippen molar-refractivity contribution in [2.45, 2.75) is 39.9 Å². The van der Waals surface area contributed by atoms with Crippen molar-refractivity contribution in [1.82, 2.24) is 9.88 Å². The summed E-state index contributed by atoms with van der Waals surface area (Å²) in [4.78, 5) is 19.0. The molecule has 0 bridgehead atoms. The van der Waals surface area contributed by atoms with E-state index in [0.29, 0.717) is 17.6 Å². The molecule has 1 saturated heterocycles. The highest BCUT2D eigenvalue weighted by Crippen LogP contribution is 2.24. The van der Waals surface area contributed by atoms with E-state index in [1.54, 1.807) is 6.20 Å². The molecule has 1 aromatic heterocycles. The minimum absolute atomic E-state index is 0.118. The van der Waals surface area contributed by atoms with Crippen LogP contribution in [0.4, 0.5) is 0 Å². The fourth-order valence-electron chi connectivity index (χ4n) is 2.07. The quantitative estimate of drug-likeness (QED) is 0.862. The van der Waals surface area contributed by atoms with Crippen LogP contribution in [0.3, 0.4) is 0 Å². The zero-order valence-corrected chi connectivity index (χ0v) is 13.1. The molecule has 0 saturated carbocycles. The number of aromatic nitrogens is 1. The number of thiazole rings is 1. The highest BCUT2D eigenvalue weighted by molar-refractivity contribution is 7.15. The lowest BCUT2D eigenvalue weighted by molar-refractivity contribution is -0.138. The number of hydrogen-bond acceptors (Lipinski definition) is 4. The molecule has 1 atom stereocenters. The van der Waals surface area contributed by atoms with Crippen molar-refractivity contribution in [3.05, 3.63) is 15.5 Å². The summed E-state index contributed by atoms with van der Waals surface area (Å²) in [7, 11) is 0. The molecule has 0 aliphatic carbocycles. The van der Waals surface area contributed by atoms with Crippen LogP contribution >= 0.6 is 22.9 Å². The van der Waals surface area contributed by atoms with E-state index in [1.807, 2.05) is 25.7 Å². The van der Waals surface area contributed by atoms with Gasteiger partial charge in [-0.1, -0.05) is 32.4 Å². The summed E-state index contributed by atoms with van der Waals surface area (Å²) in [5.41, 5.74) is -0.319. The Labute approximate surface area is 122 Å². The van der Waals surface area contributed by atoms with Crippen molar-refractivity contribution >= 4 is 28.8 Å². The van der Waals surface area contributed by atoms with E-state index in [9.17, 15) is 4.79 Å². The molecular weight excluding hydrogens is 284 g/mol. The molecule has 6 heteroatoms. The standard InChI is InChI=1S/C13H19ClN2O2S/c1-13(2,3)11(17)16-5-4-9(7-16)18-8-10-6-15-12(14)19-10/h6,9H,4-5,7-8H2,1-3H3. The zero-order valence-electron chi connectivity index (χ0n) is 11.5. The zero-order chi connectivity index (χ0) is 14.0. The molecule has 0 aromatic carbocycles. The summed E-state index contributed by atoms with van der Waals surface area (Å²) in [6, 6.07) is 0. The fraction of sp³-hybridized carbons (Fsp3) is 0.692. The molecule has 1 aromatic rings. The van der Waals surface area contributed by atoms with Crippen LogP contribution in [0.2, 0.25) is 4.47 Å². The Bertz CT molecular complexity index is 456. The van der Waals surface area contributed by atoms with E-state index < -0.39 is 0 Å². The summed E-state index contributed by atoms with van der Waals surface area (Å²) < 4.78 is 6.35. The van der Waals surface area contributed by atoms with E-state index >= 15 is 0 Å². The minimum atomic E-state index is -0.319. The Morgan fingerprint density at radius 1 is 1.63 bits per heavy atom. The SMILES string of the molecule is CC(C)(C)C(=O)N1CCC(OCc2cnc(Cl)s2)C1. The lowest BCUT2D eigenvalue weighted by Gasteiger charge is -2.25. The van der Waals surface area contributed by atoms with Crippen molar-refractivity contribution in [2.75, 3.05) is 13.1 Å². The molecule has 1 amide bonds. The van der Waals surface area contributed by atoms with Gasteiger partial charge in [0.15, 0.2) is 4.47 Å². The third kappa shape index (κ3) is 3.91. The molecular formula is C13H19ClN2O2S. The number of halogens is 1. The number of rotatable bonds is 3. The monoisotopic (exact) mass is 302 g/mol. The van der Waals surface area contributed by atoms with E-state index in [1.165, 1.54) is 11.3 Å². The molecule has 0 N–H and O–H groups in total. The summed E-state index contributed by atoms with van der Waals surface area (Å²) in [5, 5.41) is 0. The van der Waals surface area contributed by atoms with Crippen molar-refractivity contribution in [3.63, 3.8) is 0 Å². The molecule has 1 unspecified atom stereocenters. The summed E-state index contributed by atoms with van der Waals surface area (Å²) in [6.07, 6.45) is 2.75. The van der Waals surface area contributed by atoms with Crippen LogP contribution in [0.15, 0.2) is 6.20 Å². The maximum atomic E-state index is 12.1.